The van der Waals surface area contributed by atoms with E-state index in [0.29, 0.717) is 29.1 Å². The van der Waals surface area contributed by atoms with Crippen LogP contribution in [0.2, 0.25) is 0 Å². The molecule has 0 aliphatic heterocycles. The third-order valence-corrected chi connectivity index (χ3v) is 5.63. The quantitative estimate of drug-likeness (QED) is 0.431. The summed E-state index contributed by atoms with van der Waals surface area (Å²) in [4.78, 5) is 29.9. The Labute approximate surface area is 197 Å². The van der Waals surface area contributed by atoms with Crippen LogP contribution in [0.5, 0.6) is 0 Å². The van der Waals surface area contributed by atoms with Gasteiger partial charge in [-0.1, -0.05) is 67.6 Å². The van der Waals surface area contributed by atoms with Crippen LogP contribution in [0.1, 0.15) is 36.3 Å². The molecule has 170 valence electrons. The Bertz CT molecular complexity index is 1430. The maximum absolute atomic E-state index is 13.3. The summed E-state index contributed by atoms with van der Waals surface area (Å²) in [7, 11) is 0. The van der Waals surface area contributed by atoms with Crippen molar-refractivity contribution in [1.82, 2.24) is 9.55 Å². The summed E-state index contributed by atoms with van der Waals surface area (Å²) in [6, 6.07) is 22.0. The molecule has 7 heteroatoms. The van der Waals surface area contributed by atoms with Gasteiger partial charge in [0, 0.05) is 22.5 Å². The zero-order valence-corrected chi connectivity index (χ0v) is 19.2. The molecule has 0 saturated heterocycles. The largest absolute Gasteiger partial charge is 0.438 e. The lowest BCUT2D eigenvalue weighted by atomic mass is 9.98. The molecular weight excluding hydrogens is 428 g/mol. The summed E-state index contributed by atoms with van der Waals surface area (Å²) in [6.45, 7) is 5.31. The molecule has 0 aliphatic carbocycles. The molecule has 1 N–H and O–H groups in total. The van der Waals surface area contributed by atoms with E-state index in [-0.39, 0.29) is 11.4 Å². The molecule has 2 aromatic heterocycles. The highest BCUT2D eigenvalue weighted by Gasteiger charge is 2.28. The number of carbonyl (C=O) groups excluding carboxylic acids is 1. The van der Waals surface area contributed by atoms with E-state index in [1.807, 2.05) is 67.6 Å². The number of nitrogens with zero attached hydrogens (tertiary/aromatic N) is 3. The van der Waals surface area contributed by atoms with Gasteiger partial charge in [-0.3, -0.25) is 14.7 Å². The van der Waals surface area contributed by atoms with Gasteiger partial charge in [0.2, 0.25) is 11.8 Å². The van der Waals surface area contributed by atoms with Crippen molar-refractivity contribution >= 4 is 11.8 Å². The fourth-order valence-corrected chi connectivity index (χ4v) is 4.12. The molecule has 1 unspecified atom stereocenters. The van der Waals surface area contributed by atoms with Crippen molar-refractivity contribution in [1.29, 1.82) is 5.26 Å². The topological polar surface area (TPSA) is 101 Å². The van der Waals surface area contributed by atoms with Gasteiger partial charge in [-0.05, 0) is 31.9 Å². The molecule has 2 aromatic carbocycles. The van der Waals surface area contributed by atoms with Gasteiger partial charge in [0.25, 0.3) is 0 Å². The first-order chi connectivity index (χ1) is 16.4. The number of amides is 1. The van der Waals surface area contributed by atoms with Crippen LogP contribution < -0.4 is 11.0 Å². The number of furan rings is 1. The van der Waals surface area contributed by atoms with Gasteiger partial charge in [0.15, 0.2) is 0 Å². The second kappa shape index (κ2) is 9.59. The maximum atomic E-state index is 13.3. The lowest BCUT2D eigenvalue weighted by Gasteiger charge is -2.19. The van der Waals surface area contributed by atoms with Crippen LogP contribution in [-0.4, -0.2) is 15.5 Å². The number of aromatic nitrogens is 2. The lowest BCUT2D eigenvalue weighted by molar-refractivity contribution is -0.119. The Kier molecular flexibility index (Phi) is 6.42. The third-order valence-electron chi connectivity index (χ3n) is 5.63. The zero-order chi connectivity index (χ0) is 24.2. The molecule has 0 radical (unpaired) electrons. The van der Waals surface area contributed by atoms with Crippen molar-refractivity contribution in [2.24, 2.45) is 0 Å². The van der Waals surface area contributed by atoms with E-state index in [9.17, 15) is 14.9 Å². The highest BCUT2D eigenvalue weighted by molar-refractivity contribution is 5.97. The smallest absolute Gasteiger partial charge is 0.348 e. The molecule has 34 heavy (non-hydrogen) atoms. The van der Waals surface area contributed by atoms with Crippen molar-refractivity contribution in [3.05, 3.63) is 94.2 Å². The molecule has 4 aromatic rings. The van der Waals surface area contributed by atoms with Gasteiger partial charge in [-0.2, -0.15) is 10.2 Å². The van der Waals surface area contributed by atoms with E-state index in [1.54, 1.807) is 19.9 Å². The second-order valence-electron chi connectivity index (χ2n) is 7.96. The molecule has 2 heterocycles. The minimum atomic E-state index is -0.808. The molecule has 0 bridgehead atoms. The van der Waals surface area contributed by atoms with Gasteiger partial charge < -0.3 is 4.42 Å². The van der Waals surface area contributed by atoms with E-state index in [2.05, 4.69) is 16.4 Å². The fourth-order valence-electron chi connectivity index (χ4n) is 4.12. The van der Waals surface area contributed by atoms with Gasteiger partial charge in [0.05, 0.1) is 0 Å². The molecule has 1 atom stereocenters. The monoisotopic (exact) mass is 452 g/mol. The first-order valence-electron chi connectivity index (χ1n) is 11.0. The summed E-state index contributed by atoms with van der Waals surface area (Å²) in [5.41, 5.74) is 3.13. The van der Waals surface area contributed by atoms with Crippen LogP contribution in [0.25, 0.3) is 22.5 Å². The number of carbonyl (C=O) groups is 1. The van der Waals surface area contributed by atoms with E-state index >= 15 is 0 Å². The summed E-state index contributed by atoms with van der Waals surface area (Å²) in [6.07, 6.45) is 0.358. The van der Waals surface area contributed by atoms with Gasteiger partial charge in [-0.25, -0.2) is 4.79 Å². The van der Waals surface area contributed by atoms with Crippen molar-refractivity contribution in [2.75, 3.05) is 5.32 Å². The number of hydrogen-bond donors (Lipinski definition) is 1. The summed E-state index contributed by atoms with van der Waals surface area (Å²) >= 11 is 0. The lowest BCUT2D eigenvalue weighted by Crippen LogP contribution is -2.36. The van der Waals surface area contributed by atoms with E-state index in [0.717, 1.165) is 11.1 Å². The molecule has 0 spiro atoms. The third kappa shape index (κ3) is 4.26. The van der Waals surface area contributed by atoms with E-state index in [1.165, 1.54) is 4.57 Å². The normalized spacial score (nSPS) is 11.6. The average Bonchev–Trinajstić information content (AvgIpc) is 3.20. The Morgan fingerprint density at radius 3 is 2.26 bits per heavy atom. The number of hydrogen-bond acceptors (Lipinski definition) is 5. The first-order valence-corrected chi connectivity index (χ1v) is 11.0. The van der Waals surface area contributed by atoms with Crippen molar-refractivity contribution < 1.29 is 9.21 Å². The number of aryl methyl sites for hydroxylation is 2. The number of rotatable bonds is 6. The van der Waals surface area contributed by atoms with Crippen LogP contribution in [0.4, 0.5) is 5.88 Å². The van der Waals surface area contributed by atoms with Crippen LogP contribution >= 0.6 is 0 Å². The number of nitriles is 1. The van der Waals surface area contributed by atoms with Crippen molar-refractivity contribution in [2.45, 2.75) is 33.2 Å². The van der Waals surface area contributed by atoms with Crippen LogP contribution in [0, 0.1) is 25.2 Å². The Morgan fingerprint density at radius 1 is 1.09 bits per heavy atom. The summed E-state index contributed by atoms with van der Waals surface area (Å²) < 4.78 is 7.47. The molecule has 4 rings (SSSR count). The molecule has 7 nitrogen and oxygen atoms in total. The molecular formula is C27H24N4O3. The van der Waals surface area contributed by atoms with Gasteiger partial charge in [0.1, 0.15) is 23.4 Å². The Morgan fingerprint density at radius 2 is 1.71 bits per heavy atom. The molecule has 1 amide bonds. The zero-order valence-electron chi connectivity index (χ0n) is 19.2. The van der Waals surface area contributed by atoms with Gasteiger partial charge >= 0.3 is 5.69 Å². The predicted octanol–water partition coefficient (Wildman–Crippen LogP) is 5.25. The highest BCUT2D eigenvalue weighted by Crippen LogP contribution is 2.41. The first kappa shape index (κ1) is 22.7. The highest BCUT2D eigenvalue weighted by atomic mass is 16.4. The SMILES string of the molecule is CCC(C(=O)Nc1oc(-c2ccccc2)c(-c2ccccc2)c1C#N)n1c(C)cc(C)nc1=O. The van der Waals surface area contributed by atoms with Crippen molar-refractivity contribution in [3.8, 4) is 28.5 Å². The molecule has 0 fully saturated rings. The standard InChI is InChI=1S/C27H24N4O3/c1-4-22(31-18(3)15-17(2)29-27(31)33)25(32)30-26-21(16-28)23(19-11-7-5-8-12-19)24(34-26)20-13-9-6-10-14-20/h5-15,22H,4H2,1-3H3,(H,30,32). The van der Waals surface area contributed by atoms with Crippen LogP contribution in [0.3, 0.4) is 0 Å². The minimum absolute atomic E-state index is 0.0504. The van der Waals surface area contributed by atoms with Crippen LogP contribution in [0.15, 0.2) is 75.9 Å². The Hall–Kier alpha value is -4.44. The Balaban J connectivity index is 1.81. The van der Waals surface area contributed by atoms with E-state index < -0.39 is 17.6 Å². The summed E-state index contributed by atoms with van der Waals surface area (Å²) in [5.74, 6) is 0.0781. The fraction of sp³-hybridized carbons (Fsp3) is 0.185. The summed E-state index contributed by atoms with van der Waals surface area (Å²) in [5, 5.41) is 12.8. The number of nitrogens with one attached hydrogen (secondary N) is 1. The second-order valence-corrected chi connectivity index (χ2v) is 7.96. The maximum Gasteiger partial charge on any atom is 0.348 e. The molecule has 0 aliphatic rings. The van der Waals surface area contributed by atoms with Crippen LogP contribution in [-0.2, 0) is 4.79 Å². The van der Waals surface area contributed by atoms with Crippen molar-refractivity contribution in [3.63, 3.8) is 0 Å². The predicted molar refractivity (Wildman–Crippen MR) is 130 cm³/mol. The van der Waals surface area contributed by atoms with E-state index in [4.69, 9.17) is 4.42 Å². The minimum Gasteiger partial charge on any atom is -0.438 e. The molecule has 0 saturated carbocycles. The van der Waals surface area contributed by atoms with Gasteiger partial charge in [-0.15, -0.1) is 0 Å². The number of benzene rings is 2. The number of anilines is 1. The average molecular weight is 453 g/mol.